The van der Waals surface area contributed by atoms with E-state index in [1.165, 1.54) is 21.9 Å². The molecule has 2 aromatic heterocycles. The summed E-state index contributed by atoms with van der Waals surface area (Å²) in [4.78, 5) is 31.6. The van der Waals surface area contributed by atoms with Crippen molar-refractivity contribution >= 4 is 33.7 Å². The summed E-state index contributed by atoms with van der Waals surface area (Å²) in [7, 11) is 0. The molecule has 1 aliphatic rings. The van der Waals surface area contributed by atoms with E-state index in [4.69, 9.17) is 4.42 Å². The highest BCUT2D eigenvalue weighted by atomic mass is 19.1. The third kappa shape index (κ3) is 2.81. The van der Waals surface area contributed by atoms with Crippen LogP contribution in [-0.2, 0) is 17.8 Å². The van der Waals surface area contributed by atoms with Gasteiger partial charge in [0.25, 0.3) is 5.56 Å². The number of carbonyl (C=O) groups is 1. The van der Waals surface area contributed by atoms with Gasteiger partial charge in [0.15, 0.2) is 0 Å². The second kappa shape index (κ2) is 6.55. The number of fused-ring (bicyclic) bond motifs is 4. The Balaban J connectivity index is 1.52. The molecule has 0 spiro atoms. The largest absolute Gasteiger partial charge is 0.448 e. The first kappa shape index (κ1) is 17.6. The van der Waals surface area contributed by atoms with Crippen LogP contribution in [0.4, 0.5) is 10.1 Å². The average Bonchev–Trinajstić information content (AvgIpc) is 3.09. The molecule has 0 N–H and O–H groups in total. The van der Waals surface area contributed by atoms with E-state index in [0.29, 0.717) is 23.3 Å². The highest BCUT2D eigenvalue weighted by Crippen LogP contribution is 2.31. The molecule has 0 saturated carbocycles. The summed E-state index contributed by atoms with van der Waals surface area (Å²) >= 11 is 0. The van der Waals surface area contributed by atoms with Gasteiger partial charge in [-0.15, -0.1) is 0 Å². The van der Waals surface area contributed by atoms with Crippen LogP contribution >= 0.6 is 0 Å². The van der Waals surface area contributed by atoms with Gasteiger partial charge in [0, 0.05) is 11.9 Å². The number of furan rings is 1. The van der Waals surface area contributed by atoms with Crippen LogP contribution in [0.1, 0.15) is 17.5 Å². The number of aromatic nitrogens is 2. The fourth-order valence-electron chi connectivity index (χ4n) is 4.05. The second-order valence-corrected chi connectivity index (χ2v) is 7.36. The molecule has 0 radical (unpaired) electrons. The van der Waals surface area contributed by atoms with Crippen LogP contribution in [0.25, 0.3) is 22.1 Å². The zero-order chi connectivity index (χ0) is 20.1. The summed E-state index contributed by atoms with van der Waals surface area (Å²) in [5.41, 5.74) is 2.69. The number of amides is 1. The molecule has 0 unspecified atom stereocenters. The van der Waals surface area contributed by atoms with E-state index < -0.39 is 11.4 Å². The maximum absolute atomic E-state index is 14.6. The smallest absolute Gasteiger partial charge is 0.297 e. The Morgan fingerprint density at radius 3 is 2.97 bits per heavy atom. The van der Waals surface area contributed by atoms with Gasteiger partial charge in [0.05, 0.1) is 12.0 Å². The monoisotopic (exact) mass is 391 g/mol. The molecule has 2 aromatic carbocycles. The lowest BCUT2D eigenvalue weighted by atomic mass is 9.99. The Morgan fingerprint density at radius 1 is 1.28 bits per heavy atom. The minimum Gasteiger partial charge on any atom is -0.448 e. The molecule has 0 aliphatic carbocycles. The number of anilines is 1. The predicted molar refractivity (Wildman–Crippen MR) is 108 cm³/mol. The van der Waals surface area contributed by atoms with Crippen LogP contribution in [0, 0.1) is 12.7 Å². The van der Waals surface area contributed by atoms with Crippen molar-refractivity contribution in [3.05, 3.63) is 70.0 Å². The summed E-state index contributed by atoms with van der Waals surface area (Å²) in [6.07, 6.45) is 2.82. The molecule has 0 bridgehead atoms. The number of nitrogens with zero attached hydrogens (tertiary/aromatic N) is 3. The summed E-state index contributed by atoms with van der Waals surface area (Å²) in [5, 5.41) is 0.750. The van der Waals surface area contributed by atoms with Crippen molar-refractivity contribution < 1.29 is 13.6 Å². The number of aryl methyl sites for hydroxylation is 2. The number of carbonyl (C=O) groups excluding carboxylic acids is 1. The van der Waals surface area contributed by atoms with Crippen LogP contribution < -0.4 is 10.5 Å². The van der Waals surface area contributed by atoms with E-state index in [1.807, 2.05) is 31.2 Å². The molecular weight excluding hydrogens is 373 g/mol. The van der Waals surface area contributed by atoms with Gasteiger partial charge in [-0.2, -0.15) is 0 Å². The average molecular weight is 391 g/mol. The topological polar surface area (TPSA) is 68.3 Å². The van der Waals surface area contributed by atoms with E-state index >= 15 is 0 Å². The number of hydrogen-bond acceptors (Lipinski definition) is 4. The Labute approximate surface area is 165 Å². The van der Waals surface area contributed by atoms with Crippen LogP contribution in [0.5, 0.6) is 0 Å². The predicted octanol–water partition coefficient (Wildman–Crippen LogP) is 3.57. The molecule has 3 heterocycles. The van der Waals surface area contributed by atoms with Gasteiger partial charge in [0.2, 0.25) is 11.5 Å². The Morgan fingerprint density at radius 2 is 2.10 bits per heavy atom. The standard InChI is InChI=1S/C22H18FN3O3/c1-13-9-14-5-4-8-26(20(14)16(23)10-13)18(27)11-25-12-24-19-15-6-2-3-7-17(15)29-21(19)22(25)28/h2-3,6-7,9-10,12H,4-5,8,11H2,1H3. The van der Waals surface area contributed by atoms with Crippen molar-refractivity contribution in [3.8, 4) is 0 Å². The fraction of sp³-hybridized carbons (Fsp3) is 0.227. The Hall–Kier alpha value is -3.48. The molecule has 6 nitrogen and oxygen atoms in total. The minimum absolute atomic E-state index is 0.113. The highest BCUT2D eigenvalue weighted by Gasteiger charge is 2.27. The van der Waals surface area contributed by atoms with Crippen molar-refractivity contribution in [1.29, 1.82) is 0 Å². The van der Waals surface area contributed by atoms with Gasteiger partial charge in [0.1, 0.15) is 23.5 Å². The van der Waals surface area contributed by atoms with E-state index in [9.17, 15) is 14.0 Å². The highest BCUT2D eigenvalue weighted by molar-refractivity contribution is 6.02. The van der Waals surface area contributed by atoms with Crippen LogP contribution in [-0.4, -0.2) is 22.0 Å². The van der Waals surface area contributed by atoms with Crippen molar-refractivity contribution in [2.24, 2.45) is 0 Å². The van der Waals surface area contributed by atoms with Gasteiger partial charge in [-0.05, 0) is 49.1 Å². The van der Waals surface area contributed by atoms with E-state index in [0.717, 1.165) is 29.4 Å². The minimum atomic E-state index is -0.429. The van der Waals surface area contributed by atoms with Gasteiger partial charge >= 0.3 is 0 Å². The van der Waals surface area contributed by atoms with Crippen molar-refractivity contribution in [2.45, 2.75) is 26.3 Å². The maximum atomic E-state index is 14.6. The number of halogens is 1. The van der Waals surface area contributed by atoms with Crippen LogP contribution in [0.15, 0.2) is 51.9 Å². The van der Waals surface area contributed by atoms with E-state index in [-0.39, 0.29) is 18.0 Å². The second-order valence-electron chi connectivity index (χ2n) is 7.36. The quantitative estimate of drug-likeness (QED) is 0.524. The van der Waals surface area contributed by atoms with Gasteiger partial charge in [-0.3, -0.25) is 14.2 Å². The summed E-state index contributed by atoms with van der Waals surface area (Å²) < 4.78 is 21.5. The molecule has 1 amide bonds. The van der Waals surface area contributed by atoms with Gasteiger partial charge in [-0.25, -0.2) is 9.37 Å². The van der Waals surface area contributed by atoms with Crippen molar-refractivity contribution in [1.82, 2.24) is 9.55 Å². The molecule has 4 aromatic rings. The molecule has 146 valence electrons. The number of hydrogen-bond donors (Lipinski definition) is 0. The normalized spacial score (nSPS) is 13.8. The zero-order valence-electron chi connectivity index (χ0n) is 15.8. The molecule has 29 heavy (non-hydrogen) atoms. The summed E-state index contributed by atoms with van der Waals surface area (Å²) in [5.74, 6) is -0.765. The molecule has 7 heteroatoms. The summed E-state index contributed by atoms with van der Waals surface area (Å²) in [6, 6.07) is 10.6. The Bertz CT molecular complexity index is 1340. The van der Waals surface area contributed by atoms with Crippen LogP contribution in [0.2, 0.25) is 0 Å². The van der Waals surface area contributed by atoms with E-state index in [2.05, 4.69) is 4.98 Å². The maximum Gasteiger partial charge on any atom is 0.297 e. The molecule has 1 aliphatic heterocycles. The summed E-state index contributed by atoms with van der Waals surface area (Å²) in [6.45, 7) is 2.02. The number of para-hydroxylation sites is 1. The fourth-order valence-corrected chi connectivity index (χ4v) is 4.05. The lowest BCUT2D eigenvalue weighted by Crippen LogP contribution is -2.40. The zero-order valence-corrected chi connectivity index (χ0v) is 15.8. The number of rotatable bonds is 2. The van der Waals surface area contributed by atoms with Crippen molar-refractivity contribution in [2.75, 3.05) is 11.4 Å². The van der Waals surface area contributed by atoms with E-state index in [1.54, 1.807) is 6.07 Å². The van der Waals surface area contributed by atoms with Crippen LogP contribution in [0.3, 0.4) is 0 Å². The number of benzene rings is 2. The molecule has 0 saturated heterocycles. The lowest BCUT2D eigenvalue weighted by Gasteiger charge is -2.30. The molecule has 0 atom stereocenters. The molecular formula is C22H18FN3O3. The van der Waals surface area contributed by atoms with Gasteiger partial charge in [-0.1, -0.05) is 18.2 Å². The first-order chi connectivity index (χ1) is 14.0. The van der Waals surface area contributed by atoms with Gasteiger partial charge < -0.3 is 9.32 Å². The lowest BCUT2D eigenvalue weighted by molar-refractivity contribution is -0.119. The third-order valence-electron chi connectivity index (χ3n) is 5.34. The Kier molecular flexibility index (Phi) is 3.97. The molecule has 5 rings (SSSR count). The van der Waals surface area contributed by atoms with Crippen molar-refractivity contribution in [3.63, 3.8) is 0 Å². The first-order valence-electron chi connectivity index (χ1n) is 9.49. The molecule has 0 fully saturated rings. The SMILES string of the molecule is Cc1cc(F)c2c(c1)CCCN2C(=O)Cn1cnc2c(oc3ccccc32)c1=O. The third-order valence-corrected chi connectivity index (χ3v) is 5.34. The first-order valence-corrected chi connectivity index (χ1v) is 9.49.